The highest BCUT2D eigenvalue weighted by molar-refractivity contribution is 6.02. The number of hydrogen-bond acceptors (Lipinski definition) is 3. The number of benzene rings is 3. The number of anilines is 1. The molecular weight excluding hydrogens is 356 g/mol. The molecular formula is C26H30N2O. The number of hydrogen-bond donors (Lipinski definition) is 2. The van der Waals surface area contributed by atoms with Crippen LogP contribution in [0.3, 0.4) is 0 Å². The Balaban J connectivity index is 1.94. The van der Waals surface area contributed by atoms with E-state index < -0.39 is 0 Å². The van der Waals surface area contributed by atoms with Crippen LogP contribution in [-0.4, -0.2) is 10.8 Å². The fraction of sp³-hybridized carbons (Fsp3) is 0.269. The summed E-state index contributed by atoms with van der Waals surface area (Å²) in [6.45, 7) is 10.5. The lowest BCUT2D eigenvalue weighted by atomic mass is 9.96. The van der Waals surface area contributed by atoms with Gasteiger partial charge >= 0.3 is 0 Å². The van der Waals surface area contributed by atoms with Gasteiger partial charge in [0.15, 0.2) is 0 Å². The highest BCUT2D eigenvalue weighted by atomic mass is 16.3. The number of nitrogens with two attached hydrogens (primary N) is 1. The average Bonchev–Trinajstić information content (AvgIpc) is 2.66. The van der Waals surface area contributed by atoms with Crippen LogP contribution in [0.4, 0.5) is 11.4 Å². The van der Waals surface area contributed by atoms with Crippen molar-refractivity contribution < 1.29 is 5.11 Å². The molecule has 0 atom stereocenters. The number of aliphatic imine (C=N–C) groups is 1. The summed E-state index contributed by atoms with van der Waals surface area (Å²) in [5.74, 6) is 0.272. The van der Waals surface area contributed by atoms with Crippen LogP contribution in [0.15, 0.2) is 53.5 Å². The highest BCUT2D eigenvalue weighted by Gasteiger charge is 2.09. The molecule has 29 heavy (non-hydrogen) atoms. The van der Waals surface area contributed by atoms with E-state index in [1.165, 1.54) is 22.3 Å². The fourth-order valence-corrected chi connectivity index (χ4v) is 3.86. The predicted octanol–water partition coefficient (Wildman–Crippen LogP) is 6.33. The minimum absolute atomic E-state index is 0.272. The van der Waals surface area contributed by atoms with Crippen molar-refractivity contribution in [2.45, 2.75) is 47.5 Å². The molecule has 3 aromatic carbocycles. The van der Waals surface area contributed by atoms with Gasteiger partial charge in [-0.15, -0.1) is 0 Å². The molecule has 3 rings (SSSR count). The Morgan fingerprint density at radius 1 is 0.828 bits per heavy atom. The predicted molar refractivity (Wildman–Crippen MR) is 124 cm³/mol. The maximum absolute atomic E-state index is 9.54. The molecule has 0 saturated heterocycles. The van der Waals surface area contributed by atoms with Gasteiger partial charge in [0.25, 0.3) is 0 Å². The maximum atomic E-state index is 9.54. The molecule has 0 aliphatic rings. The van der Waals surface area contributed by atoms with E-state index >= 15 is 0 Å². The van der Waals surface area contributed by atoms with Crippen molar-refractivity contribution in [1.29, 1.82) is 0 Å². The van der Waals surface area contributed by atoms with Gasteiger partial charge in [-0.25, -0.2) is 0 Å². The summed E-state index contributed by atoms with van der Waals surface area (Å²) in [5.41, 5.74) is 17.3. The second-order valence-corrected chi connectivity index (χ2v) is 7.86. The molecule has 150 valence electrons. The minimum Gasteiger partial charge on any atom is -0.508 e. The Labute approximate surface area is 173 Å². The summed E-state index contributed by atoms with van der Waals surface area (Å²) in [6, 6.07) is 16.1. The summed E-state index contributed by atoms with van der Waals surface area (Å²) < 4.78 is 0. The second kappa shape index (κ2) is 8.52. The van der Waals surface area contributed by atoms with Crippen LogP contribution < -0.4 is 5.73 Å². The van der Waals surface area contributed by atoms with Crippen LogP contribution in [0.25, 0.3) is 0 Å². The van der Waals surface area contributed by atoms with Crippen molar-refractivity contribution in [3.63, 3.8) is 0 Å². The second-order valence-electron chi connectivity index (χ2n) is 7.86. The van der Waals surface area contributed by atoms with Gasteiger partial charge in [0.05, 0.1) is 5.69 Å². The van der Waals surface area contributed by atoms with Gasteiger partial charge in [-0.3, -0.25) is 4.99 Å². The molecule has 0 spiro atoms. The van der Waals surface area contributed by atoms with Crippen molar-refractivity contribution in [3.05, 3.63) is 87.5 Å². The number of rotatable bonds is 5. The van der Waals surface area contributed by atoms with E-state index in [0.717, 1.165) is 46.6 Å². The van der Waals surface area contributed by atoms with Crippen molar-refractivity contribution in [2.75, 3.05) is 5.73 Å². The van der Waals surface area contributed by atoms with Crippen LogP contribution >= 0.6 is 0 Å². The first-order chi connectivity index (χ1) is 13.8. The Morgan fingerprint density at radius 3 is 1.79 bits per heavy atom. The first kappa shape index (κ1) is 20.7. The molecule has 0 bridgehead atoms. The zero-order chi connectivity index (χ0) is 21.1. The number of aryl methyl sites for hydroxylation is 4. The van der Waals surface area contributed by atoms with Crippen LogP contribution in [-0.2, 0) is 6.42 Å². The van der Waals surface area contributed by atoms with Crippen LogP contribution in [0, 0.1) is 27.7 Å². The van der Waals surface area contributed by atoms with Crippen LogP contribution in [0.5, 0.6) is 5.75 Å². The molecule has 0 aliphatic heterocycles. The standard InChI is InChI=1S/C26H30N2O/c1-6-24(22-7-9-23(29)10-8-22)28-26-18(4)13-21(14-19(26)5)15-20-11-16(2)25(27)17(3)12-20/h7-14,29H,6,15,27H2,1-5H3/b28-24+. The summed E-state index contributed by atoms with van der Waals surface area (Å²) in [5, 5.41) is 9.54. The highest BCUT2D eigenvalue weighted by Crippen LogP contribution is 2.29. The molecule has 0 saturated carbocycles. The summed E-state index contributed by atoms with van der Waals surface area (Å²) in [6.07, 6.45) is 1.71. The average molecular weight is 387 g/mol. The number of nitrogens with zero attached hydrogens (tertiary/aromatic N) is 1. The Bertz CT molecular complexity index is 1020. The molecule has 0 radical (unpaired) electrons. The zero-order valence-electron chi connectivity index (χ0n) is 18.0. The van der Waals surface area contributed by atoms with Crippen molar-refractivity contribution in [1.82, 2.24) is 0 Å². The Hall–Kier alpha value is -3.07. The van der Waals surface area contributed by atoms with E-state index in [-0.39, 0.29) is 5.75 Å². The number of aromatic hydroxyl groups is 1. The van der Waals surface area contributed by atoms with Gasteiger partial charge in [-0.05, 0) is 104 Å². The lowest BCUT2D eigenvalue weighted by Gasteiger charge is -2.13. The van der Waals surface area contributed by atoms with E-state index in [0.29, 0.717) is 0 Å². The number of phenols is 1. The van der Waals surface area contributed by atoms with E-state index in [4.69, 9.17) is 10.7 Å². The fourth-order valence-electron chi connectivity index (χ4n) is 3.86. The molecule has 0 unspecified atom stereocenters. The smallest absolute Gasteiger partial charge is 0.115 e. The quantitative estimate of drug-likeness (QED) is 0.397. The lowest BCUT2D eigenvalue weighted by molar-refractivity contribution is 0.475. The Morgan fingerprint density at radius 2 is 1.31 bits per heavy atom. The topological polar surface area (TPSA) is 58.6 Å². The van der Waals surface area contributed by atoms with Crippen molar-refractivity contribution in [2.24, 2.45) is 4.99 Å². The molecule has 0 aliphatic carbocycles. The van der Waals surface area contributed by atoms with Gasteiger partial charge in [0, 0.05) is 11.4 Å². The first-order valence-electron chi connectivity index (χ1n) is 10.1. The summed E-state index contributed by atoms with van der Waals surface area (Å²) in [4.78, 5) is 4.98. The summed E-state index contributed by atoms with van der Waals surface area (Å²) >= 11 is 0. The van der Waals surface area contributed by atoms with Gasteiger partial charge < -0.3 is 10.8 Å². The number of phenolic OH excluding ortho intramolecular Hbond substituents is 1. The molecule has 3 heteroatoms. The molecule has 0 amide bonds. The summed E-state index contributed by atoms with van der Waals surface area (Å²) in [7, 11) is 0. The number of nitrogen functional groups attached to an aromatic ring is 1. The van der Waals surface area contributed by atoms with Crippen LogP contribution in [0.2, 0.25) is 0 Å². The third kappa shape index (κ3) is 4.68. The molecule has 0 aromatic heterocycles. The molecule has 0 heterocycles. The van der Waals surface area contributed by atoms with E-state index in [9.17, 15) is 5.11 Å². The van der Waals surface area contributed by atoms with E-state index in [2.05, 4.69) is 58.9 Å². The van der Waals surface area contributed by atoms with Crippen molar-refractivity contribution in [3.8, 4) is 5.75 Å². The monoisotopic (exact) mass is 386 g/mol. The van der Waals surface area contributed by atoms with Gasteiger partial charge in [-0.1, -0.05) is 31.2 Å². The third-order valence-corrected chi connectivity index (χ3v) is 5.39. The van der Waals surface area contributed by atoms with Crippen molar-refractivity contribution >= 4 is 17.1 Å². The normalized spacial score (nSPS) is 11.7. The molecule has 3 aromatic rings. The van der Waals surface area contributed by atoms with Gasteiger partial charge in [0.1, 0.15) is 5.75 Å². The van der Waals surface area contributed by atoms with E-state index in [1.54, 1.807) is 12.1 Å². The van der Waals surface area contributed by atoms with E-state index in [1.807, 2.05) is 12.1 Å². The third-order valence-electron chi connectivity index (χ3n) is 5.39. The van der Waals surface area contributed by atoms with Gasteiger partial charge in [-0.2, -0.15) is 0 Å². The molecule has 0 fully saturated rings. The largest absolute Gasteiger partial charge is 0.508 e. The maximum Gasteiger partial charge on any atom is 0.115 e. The molecule has 3 nitrogen and oxygen atoms in total. The zero-order valence-corrected chi connectivity index (χ0v) is 18.0. The lowest BCUT2D eigenvalue weighted by Crippen LogP contribution is -2.00. The first-order valence-corrected chi connectivity index (χ1v) is 10.1. The Kier molecular flexibility index (Phi) is 6.07. The SMILES string of the molecule is CC/C(=N\c1c(C)cc(Cc2cc(C)c(N)c(C)c2)cc1C)c1ccc(O)cc1. The molecule has 3 N–H and O–H groups in total. The minimum atomic E-state index is 0.272. The van der Waals surface area contributed by atoms with Gasteiger partial charge in [0.2, 0.25) is 0 Å². The van der Waals surface area contributed by atoms with Crippen LogP contribution in [0.1, 0.15) is 52.3 Å².